The summed E-state index contributed by atoms with van der Waals surface area (Å²) in [5, 5.41) is 11.5. The van der Waals surface area contributed by atoms with Gasteiger partial charge in [0.15, 0.2) is 0 Å². The van der Waals surface area contributed by atoms with Crippen LogP contribution < -0.4 is 5.32 Å². The normalized spacial score (nSPS) is 22.1. The maximum Gasteiger partial charge on any atom is 0.247 e. The molecule has 1 saturated carbocycles. The van der Waals surface area contributed by atoms with Crippen molar-refractivity contribution < 1.29 is 4.42 Å². The van der Waals surface area contributed by atoms with Gasteiger partial charge in [0.1, 0.15) is 0 Å². The number of hydrogen-bond donors (Lipinski definition) is 1. The van der Waals surface area contributed by atoms with E-state index >= 15 is 0 Å². The minimum atomic E-state index is 0.590. The number of benzene rings is 1. The lowest BCUT2D eigenvalue weighted by atomic mass is 10.2. The first-order valence-corrected chi connectivity index (χ1v) is 6.41. The van der Waals surface area contributed by atoms with Crippen molar-refractivity contribution >= 4 is 0 Å². The third-order valence-electron chi connectivity index (χ3n) is 3.45. The lowest BCUT2D eigenvalue weighted by Crippen LogP contribution is -2.16. The summed E-state index contributed by atoms with van der Waals surface area (Å²) in [6, 6.07) is 9.84. The highest BCUT2D eigenvalue weighted by Crippen LogP contribution is 2.36. The van der Waals surface area contributed by atoms with Crippen molar-refractivity contribution in [2.45, 2.75) is 19.9 Å². The Bertz CT molecular complexity index is 509. The Hall–Kier alpha value is -1.68. The molecule has 18 heavy (non-hydrogen) atoms. The first-order valence-electron chi connectivity index (χ1n) is 6.41. The maximum atomic E-state index is 5.61. The summed E-state index contributed by atoms with van der Waals surface area (Å²) in [7, 11) is 0. The van der Waals surface area contributed by atoms with E-state index in [0.29, 0.717) is 18.3 Å². The van der Waals surface area contributed by atoms with E-state index in [2.05, 4.69) is 22.4 Å². The van der Waals surface area contributed by atoms with Crippen molar-refractivity contribution in [3.8, 4) is 11.5 Å². The van der Waals surface area contributed by atoms with Gasteiger partial charge in [0.05, 0.1) is 6.54 Å². The largest absolute Gasteiger partial charge is 0.419 e. The molecule has 4 nitrogen and oxygen atoms in total. The number of hydrogen-bond acceptors (Lipinski definition) is 4. The minimum absolute atomic E-state index is 0.590. The number of aromatic nitrogens is 2. The highest BCUT2D eigenvalue weighted by Gasteiger charge is 2.31. The van der Waals surface area contributed by atoms with Crippen molar-refractivity contribution in [1.82, 2.24) is 15.5 Å². The average molecular weight is 243 g/mol. The monoisotopic (exact) mass is 243 g/mol. The lowest BCUT2D eigenvalue weighted by molar-refractivity contribution is 0.470. The van der Waals surface area contributed by atoms with Crippen molar-refractivity contribution in [2.24, 2.45) is 11.8 Å². The predicted octanol–water partition coefficient (Wildman–Crippen LogP) is 2.48. The topological polar surface area (TPSA) is 51.0 Å². The van der Waals surface area contributed by atoms with E-state index in [4.69, 9.17) is 4.42 Å². The van der Waals surface area contributed by atoms with Crippen LogP contribution in [0.5, 0.6) is 0 Å². The Morgan fingerprint density at radius 1 is 1.28 bits per heavy atom. The van der Waals surface area contributed by atoms with Gasteiger partial charge in [0.2, 0.25) is 11.8 Å². The average Bonchev–Trinajstić information content (AvgIpc) is 2.92. The van der Waals surface area contributed by atoms with Crippen LogP contribution in [0.25, 0.3) is 11.5 Å². The Morgan fingerprint density at radius 2 is 2.06 bits per heavy atom. The number of rotatable bonds is 5. The molecule has 94 valence electrons. The molecule has 0 aliphatic heterocycles. The third-order valence-corrected chi connectivity index (χ3v) is 3.45. The molecule has 1 aliphatic rings. The van der Waals surface area contributed by atoms with Crippen LogP contribution in [0.3, 0.4) is 0 Å². The molecular formula is C14H17N3O. The highest BCUT2D eigenvalue weighted by atomic mass is 16.4. The zero-order valence-electron chi connectivity index (χ0n) is 10.5. The van der Waals surface area contributed by atoms with Crippen LogP contribution in [0.2, 0.25) is 0 Å². The van der Waals surface area contributed by atoms with Crippen LogP contribution in [0.4, 0.5) is 0 Å². The molecule has 0 spiro atoms. The minimum Gasteiger partial charge on any atom is -0.419 e. The first-order chi connectivity index (χ1) is 8.83. The van der Waals surface area contributed by atoms with Crippen LogP contribution in [-0.2, 0) is 6.54 Å². The van der Waals surface area contributed by atoms with Crippen molar-refractivity contribution in [1.29, 1.82) is 0 Å². The molecule has 2 atom stereocenters. The van der Waals surface area contributed by atoms with Gasteiger partial charge in [-0.05, 0) is 36.9 Å². The predicted molar refractivity (Wildman–Crippen MR) is 68.7 cm³/mol. The van der Waals surface area contributed by atoms with E-state index in [0.717, 1.165) is 23.9 Å². The van der Waals surface area contributed by atoms with Crippen LogP contribution in [0.1, 0.15) is 19.2 Å². The standard InChI is InChI=1S/C14H17N3O/c1-10-7-12(10)8-15-9-13-16-17-14(18-13)11-5-3-2-4-6-11/h2-6,10,12,15H,7-9H2,1H3. The zero-order chi connectivity index (χ0) is 12.4. The molecule has 0 amide bonds. The van der Waals surface area contributed by atoms with Gasteiger partial charge in [0.25, 0.3) is 0 Å². The molecule has 3 rings (SSSR count). The molecular weight excluding hydrogens is 226 g/mol. The molecule has 1 N–H and O–H groups in total. The SMILES string of the molecule is CC1CC1CNCc1nnc(-c2ccccc2)o1. The van der Waals surface area contributed by atoms with Gasteiger partial charge in [-0.2, -0.15) is 0 Å². The second-order valence-electron chi connectivity index (χ2n) is 4.97. The molecule has 2 unspecified atom stereocenters. The summed E-state index contributed by atoms with van der Waals surface area (Å²) in [5.41, 5.74) is 0.965. The Balaban J connectivity index is 1.56. The molecule has 1 aromatic carbocycles. The summed E-state index contributed by atoms with van der Waals surface area (Å²) in [6.45, 7) is 3.99. The van der Waals surface area contributed by atoms with E-state index in [1.54, 1.807) is 0 Å². The molecule has 0 radical (unpaired) electrons. The van der Waals surface area contributed by atoms with E-state index in [1.165, 1.54) is 6.42 Å². The third kappa shape index (κ3) is 2.59. The summed E-state index contributed by atoms with van der Waals surface area (Å²) < 4.78 is 5.61. The van der Waals surface area contributed by atoms with Crippen molar-refractivity contribution in [2.75, 3.05) is 6.54 Å². The smallest absolute Gasteiger partial charge is 0.247 e. The van der Waals surface area contributed by atoms with Gasteiger partial charge < -0.3 is 9.73 Å². The van der Waals surface area contributed by atoms with Crippen LogP contribution in [0, 0.1) is 11.8 Å². The van der Waals surface area contributed by atoms with E-state index in [-0.39, 0.29) is 0 Å². The molecule has 1 aliphatic carbocycles. The highest BCUT2D eigenvalue weighted by molar-refractivity contribution is 5.51. The quantitative estimate of drug-likeness (QED) is 0.876. The molecule has 1 aromatic heterocycles. The fraction of sp³-hybridized carbons (Fsp3) is 0.429. The zero-order valence-corrected chi connectivity index (χ0v) is 10.5. The fourth-order valence-electron chi connectivity index (χ4n) is 2.07. The molecule has 0 bridgehead atoms. The van der Waals surface area contributed by atoms with Crippen LogP contribution >= 0.6 is 0 Å². The summed E-state index contributed by atoms with van der Waals surface area (Å²) in [5.74, 6) is 2.95. The lowest BCUT2D eigenvalue weighted by Gasteiger charge is -1.99. The van der Waals surface area contributed by atoms with Crippen molar-refractivity contribution in [3.63, 3.8) is 0 Å². The first kappa shape index (κ1) is 11.4. The maximum absolute atomic E-state index is 5.61. The Labute approximate surface area is 106 Å². The Morgan fingerprint density at radius 3 is 2.78 bits per heavy atom. The van der Waals surface area contributed by atoms with Crippen LogP contribution in [0.15, 0.2) is 34.7 Å². The molecule has 4 heteroatoms. The summed E-state index contributed by atoms with van der Waals surface area (Å²) >= 11 is 0. The number of nitrogens with zero attached hydrogens (tertiary/aromatic N) is 2. The molecule has 1 heterocycles. The van der Waals surface area contributed by atoms with Crippen LogP contribution in [-0.4, -0.2) is 16.7 Å². The van der Waals surface area contributed by atoms with Gasteiger partial charge in [-0.3, -0.25) is 0 Å². The van der Waals surface area contributed by atoms with Gasteiger partial charge in [-0.1, -0.05) is 25.1 Å². The summed E-state index contributed by atoms with van der Waals surface area (Å²) in [4.78, 5) is 0. The van der Waals surface area contributed by atoms with Gasteiger partial charge in [0, 0.05) is 5.56 Å². The second-order valence-corrected chi connectivity index (χ2v) is 4.97. The van der Waals surface area contributed by atoms with E-state index < -0.39 is 0 Å². The Kier molecular flexibility index (Phi) is 3.11. The number of nitrogens with one attached hydrogen (secondary N) is 1. The van der Waals surface area contributed by atoms with E-state index in [9.17, 15) is 0 Å². The molecule has 2 aromatic rings. The molecule has 1 fully saturated rings. The molecule has 0 saturated heterocycles. The van der Waals surface area contributed by atoms with E-state index in [1.807, 2.05) is 30.3 Å². The van der Waals surface area contributed by atoms with Gasteiger partial charge in [-0.15, -0.1) is 10.2 Å². The van der Waals surface area contributed by atoms with Gasteiger partial charge in [-0.25, -0.2) is 0 Å². The second kappa shape index (κ2) is 4.90. The van der Waals surface area contributed by atoms with Crippen molar-refractivity contribution in [3.05, 3.63) is 36.2 Å². The summed E-state index contributed by atoms with van der Waals surface area (Å²) in [6.07, 6.45) is 1.34. The van der Waals surface area contributed by atoms with Gasteiger partial charge >= 0.3 is 0 Å². The fourth-order valence-corrected chi connectivity index (χ4v) is 2.07.